The Morgan fingerprint density at radius 3 is 2.76 bits per heavy atom. The van der Waals surface area contributed by atoms with Crippen molar-refractivity contribution in [2.75, 3.05) is 39.3 Å². The molecule has 0 aliphatic carbocycles. The molecule has 3 rings (SSSR count). The van der Waals surface area contributed by atoms with E-state index in [1.54, 1.807) is 11.5 Å². The molecule has 140 valence electrons. The third-order valence-corrected chi connectivity index (χ3v) is 4.90. The fourth-order valence-electron chi connectivity index (χ4n) is 3.49. The minimum absolute atomic E-state index is 0. The Hall–Kier alpha value is -1.71. The summed E-state index contributed by atoms with van der Waals surface area (Å²) in [6.45, 7) is 7.87. The second kappa shape index (κ2) is 8.59. The van der Waals surface area contributed by atoms with Crippen molar-refractivity contribution < 1.29 is 9.72 Å². The number of imidazole rings is 1. The molecule has 0 saturated carbocycles. The zero-order valence-corrected chi connectivity index (χ0v) is 15.2. The van der Waals surface area contributed by atoms with Gasteiger partial charge in [0.2, 0.25) is 11.7 Å². The van der Waals surface area contributed by atoms with E-state index in [1.165, 1.54) is 6.20 Å². The van der Waals surface area contributed by atoms with Crippen molar-refractivity contribution >= 4 is 24.1 Å². The van der Waals surface area contributed by atoms with Gasteiger partial charge in [-0.25, -0.2) is 0 Å². The summed E-state index contributed by atoms with van der Waals surface area (Å²) in [6, 6.07) is 0.465. The molecule has 1 aromatic rings. The molecule has 25 heavy (non-hydrogen) atoms. The number of hydrogen-bond acceptors (Lipinski definition) is 6. The molecule has 1 aromatic heterocycles. The van der Waals surface area contributed by atoms with Crippen LogP contribution in [0.15, 0.2) is 6.20 Å². The summed E-state index contributed by atoms with van der Waals surface area (Å²) in [6.07, 6.45) is 2.78. The summed E-state index contributed by atoms with van der Waals surface area (Å²) < 4.78 is 1.68. The number of aromatic nitrogens is 2. The third kappa shape index (κ3) is 4.68. The van der Waals surface area contributed by atoms with Gasteiger partial charge in [-0.2, -0.15) is 0 Å². The van der Waals surface area contributed by atoms with Gasteiger partial charge in [0.15, 0.2) is 0 Å². The van der Waals surface area contributed by atoms with Crippen LogP contribution in [0.3, 0.4) is 0 Å². The van der Waals surface area contributed by atoms with Crippen LogP contribution in [-0.4, -0.2) is 75.5 Å². The van der Waals surface area contributed by atoms with Crippen molar-refractivity contribution in [1.29, 1.82) is 0 Å². The van der Waals surface area contributed by atoms with Crippen molar-refractivity contribution in [2.24, 2.45) is 0 Å². The largest absolute Gasteiger partial charge is 0.381 e. The maximum Gasteiger partial charge on any atom is 0.381 e. The number of nitro groups is 1. The number of carbonyl (C=O) groups excluding carboxylic acids is 1. The lowest BCUT2D eigenvalue weighted by Gasteiger charge is -2.32. The molecule has 2 fully saturated rings. The van der Waals surface area contributed by atoms with Gasteiger partial charge in [0, 0.05) is 65.2 Å². The molecule has 9 nitrogen and oxygen atoms in total. The lowest BCUT2D eigenvalue weighted by Crippen LogP contribution is -2.49. The topological polar surface area (TPSA) is 96.5 Å². The van der Waals surface area contributed by atoms with Gasteiger partial charge in [-0.05, 0) is 16.3 Å². The second-order valence-corrected chi connectivity index (χ2v) is 6.42. The molecule has 10 heteroatoms. The van der Waals surface area contributed by atoms with Crippen LogP contribution < -0.4 is 5.32 Å². The molecule has 2 saturated heterocycles. The van der Waals surface area contributed by atoms with Gasteiger partial charge in [-0.1, -0.05) is 0 Å². The molecule has 1 unspecified atom stereocenters. The molecule has 0 aromatic carbocycles. The quantitative estimate of drug-likeness (QED) is 0.594. The highest BCUT2D eigenvalue weighted by Gasteiger charge is 2.30. The van der Waals surface area contributed by atoms with Crippen LogP contribution in [0.25, 0.3) is 0 Å². The number of aryl methyl sites for hydroxylation is 2. The van der Waals surface area contributed by atoms with Gasteiger partial charge in [0.05, 0.1) is 0 Å². The monoisotopic (exact) mass is 372 g/mol. The predicted octanol–water partition coefficient (Wildman–Crippen LogP) is 0.418. The number of halogens is 1. The number of carbonyl (C=O) groups is 1. The summed E-state index contributed by atoms with van der Waals surface area (Å²) in [4.78, 5) is 30.9. The molecular formula is C15H25ClN6O3. The molecule has 0 spiro atoms. The van der Waals surface area contributed by atoms with Gasteiger partial charge in [-0.3, -0.25) is 9.69 Å². The number of hydrogen-bond donors (Lipinski definition) is 1. The van der Waals surface area contributed by atoms with E-state index in [1.807, 2.05) is 4.90 Å². The van der Waals surface area contributed by atoms with E-state index in [9.17, 15) is 14.9 Å². The van der Waals surface area contributed by atoms with E-state index in [4.69, 9.17) is 0 Å². The Kier molecular flexibility index (Phi) is 6.74. The fraction of sp³-hybridized carbons (Fsp3) is 0.733. The van der Waals surface area contributed by atoms with E-state index in [-0.39, 0.29) is 24.1 Å². The number of rotatable bonds is 5. The summed E-state index contributed by atoms with van der Waals surface area (Å²) in [5.74, 6) is 0.512. The second-order valence-electron chi connectivity index (χ2n) is 6.42. The normalized spacial score (nSPS) is 21.2. The molecule has 3 heterocycles. The Balaban J connectivity index is 0.00000225. The number of amides is 1. The summed E-state index contributed by atoms with van der Waals surface area (Å²) in [5, 5.41) is 14.1. The fourth-order valence-corrected chi connectivity index (χ4v) is 3.49. The smallest absolute Gasteiger partial charge is 0.358 e. The van der Waals surface area contributed by atoms with E-state index in [2.05, 4.69) is 15.2 Å². The maximum atomic E-state index is 12.4. The Bertz CT molecular complexity index is 616. The average molecular weight is 373 g/mol. The zero-order chi connectivity index (χ0) is 17.1. The molecule has 0 bridgehead atoms. The van der Waals surface area contributed by atoms with E-state index in [0.717, 1.165) is 45.7 Å². The molecular weight excluding hydrogens is 348 g/mol. The Morgan fingerprint density at radius 1 is 1.40 bits per heavy atom. The first-order valence-electron chi connectivity index (χ1n) is 8.45. The predicted molar refractivity (Wildman–Crippen MR) is 94.9 cm³/mol. The molecule has 0 radical (unpaired) electrons. The highest BCUT2D eigenvalue weighted by Crippen LogP contribution is 2.18. The standard InChI is InChI=1S/C15H24N6O3.ClH/c1-12-17-14(21(23)24)11-19(12)7-3-15(22)20-6-2-13(10-20)18-8-4-16-5-9-18;/h11,13,16H,2-10H2,1H3;1H. The summed E-state index contributed by atoms with van der Waals surface area (Å²) in [5.41, 5.74) is 0. The third-order valence-electron chi connectivity index (χ3n) is 4.90. The first kappa shape index (κ1) is 19.6. The number of likely N-dealkylation sites (tertiary alicyclic amines) is 1. The highest BCUT2D eigenvalue weighted by atomic mass is 35.5. The van der Waals surface area contributed by atoms with Gasteiger partial charge in [-0.15, -0.1) is 12.4 Å². The van der Waals surface area contributed by atoms with Crippen LogP contribution in [0.4, 0.5) is 5.82 Å². The minimum Gasteiger partial charge on any atom is -0.358 e. The van der Waals surface area contributed by atoms with Crippen LogP contribution in [0.1, 0.15) is 18.7 Å². The molecule has 1 amide bonds. The van der Waals surface area contributed by atoms with Crippen LogP contribution in [-0.2, 0) is 11.3 Å². The van der Waals surface area contributed by atoms with Gasteiger partial charge in [0.1, 0.15) is 6.20 Å². The highest BCUT2D eigenvalue weighted by molar-refractivity contribution is 5.85. The van der Waals surface area contributed by atoms with Gasteiger partial charge in [0.25, 0.3) is 0 Å². The summed E-state index contributed by atoms with van der Waals surface area (Å²) >= 11 is 0. The average Bonchev–Trinajstić information content (AvgIpc) is 3.21. The zero-order valence-electron chi connectivity index (χ0n) is 14.4. The molecule has 1 atom stereocenters. The summed E-state index contributed by atoms with van der Waals surface area (Å²) in [7, 11) is 0. The van der Waals surface area contributed by atoms with E-state index < -0.39 is 4.92 Å². The van der Waals surface area contributed by atoms with Crippen LogP contribution in [0, 0.1) is 17.0 Å². The van der Waals surface area contributed by atoms with Crippen LogP contribution in [0.5, 0.6) is 0 Å². The SMILES string of the molecule is Cc1nc([N+](=O)[O-])cn1CCC(=O)N1CCC(N2CCNCC2)C1.Cl. The molecule has 2 aliphatic rings. The van der Waals surface area contributed by atoms with Crippen LogP contribution in [0.2, 0.25) is 0 Å². The lowest BCUT2D eigenvalue weighted by atomic mass is 10.2. The Morgan fingerprint density at radius 2 is 2.12 bits per heavy atom. The number of nitrogens with zero attached hydrogens (tertiary/aromatic N) is 5. The van der Waals surface area contributed by atoms with E-state index in [0.29, 0.717) is 24.8 Å². The van der Waals surface area contributed by atoms with Gasteiger partial charge < -0.3 is 24.9 Å². The van der Waals surface area contributed by atoms with Crippen molar-refractivity contribution in [3.63, 3.8) is 0 Å². The molecule has 2 aliphatic heterocycles. The van der Waals surface area contributed by atoms with Crippen molar-refractivity contribution in [3.05, 3.63) is 22.1 Å². The number of piperazine rings is 1. The maximum absolute atomic E-state index is 12.4. The Labute approximate surface area is 152 Å². The lowest BCUT2D eigenvalue weighted by molar-refractivity contribution is -0.389. The first-order chi connectivity index (χ1) is 11.5. The van der Waals surface area contributed by atoms with Crippen molar-refractivity contribution in [3.8, 4) is 0 Å². The van der Waals surface area contributed by atoms with Crippen LogP contribution >= 0.6 is 12.4 Å². The van der Waals surface area contributed by atoms with E-state index >= 15 is 0 Å². The van der Waals surface area contributed by atoms with Crippen molar-refractivity contribution in [1.82, 2.24) is 24.7 Å². The first-order valence-corrected chi connectivity index (χ1v) is 8.45. The molecule has 1 N–H and O–H groups in total. The van der Waals surface area contributed by atoms with Gasteiger partial charge >= 0.3 is 5.82 Å². The number of nitrogens with one attached hydrogen (secondary N) is 1. The minimum atomic E-state index is -0.510. The van der Waals surface area contributed by atoms with Crippen molar-refractivity contribution in [2.45, 2.75) is 32.4 Å².